The van der Waals surface area contributed by atoms with E-state index < -0.39 is 51.0 Å². The molecular weight excluding hydrogens is 448 g/mol. The number of fused-ring (bicyclic) bond motifs is 3. The number of hydrogen-bond acceptors (Lipinski definition) is 7. The third-order valence-electron chi connectivity index (χ3n) is 8.67. The van der Waals surface area contributed by atoms with Crippen LogP contribution in [0.4, 0.5) is 0 Å². The van der Waals surface area contributed by atoms with Gasteiger partial charge < -0.3 is 20.4 Å². The summed E-state index contributed by atoms with van der Waals surface area (Å²) in [5.74, 6) is -4.91. The van der Waals surface area contributed by atoms with E-state index in [1.54, 1.807) is 13.8 Å². The Morgan fingerprint density at radius 3 is 2.29 bits per heavy atom. The Hall–Kier alpha value is -2.93. The van der Waals surface area contributed by atoms with Crippen LogP contribution in [0.5, 0.6) is 5.75 Å². The molecule has 1 unspecified atom stereocenters. The normalized spacial score (nSPS) is 32.5. The maximum absolute atomic E-state index is 13.9. The molecule has 7 heteroatoms. The van der Waals surface area contributed by atoms with E-state index in [-0.39, 0.29) is 35.0 Å². The number of aromatic hydroxyl groups is 1. The van der Waals surface area contributed by atoms with Crippen LogP contribution >= 0.6 is 0 Å². The number of carbonyl (C=O) groups excluding carboxylic acids is 3. The van der Waals surface area contributed by atoms with Gasteiger partial charge in [0, 0.05) is 22.3 Å². The van der Waals surface area contributed by atoms with Crippen molar-refractivity contribution in [2.45, 2.75) is 73.3 Å². The average Bonchev–Trinajstić information content (AvgIpc) is 2.72. The Kier molecular flexibility index (Phi) is 5.42. The zero-order valence-corrected chi connectivity index (χ0v) is 21.4. The zero-order valence-electron chi connectivity index (χ0n) is 21.4. The second-order valence-electron chi connectivity index (χ2n) is 11.4. The highest BCUT2D eigenvalue weighted by molar-refractivity contribution is 6.25. The number of ketones is 3. The number of rotatable bonds is 3. The van der Waals surface area contributed by atoms with Crippen LogP contribution in [0.3, 0.4) is 0 Å². The van der Waals surface area contributed by atoms with Crippen LogP contribution in [0.2, 0.25) is 0 Å². The molecule has 35 heavy (non-hydrogen) atoms. The second-order valence-corrected chi connectivity index (χ2v) is 11.4. The zero-order chi connectivity index (χ0) is 26.4. The summed E-state index contributed by atoms with van der Waals surface area (Å²) in [7, 11) is 0. The van der Waals surface area contributed by atoms with Crippen LogP contribution in [0, 0.1) is 29.6 Å². The van der Waals surface area contributed by atoms with Gasteiger partial charge in [0.15, 0.2) is 17.2 Å². The van der Waals surface area contributed by atoms with Crippen LogP contribution in [0.1, 0.15) is 75.0 Å². The lowest BCUT2D eigenvalue weighted by Crippen LogP contribution is -2.67. The molecule has 3 aliphatic rings. The molecular formula is C28H34O7. The highest BCUT2D eigenvalue weighted by atomic mass is 16.3. The van der Waals surface area contributed by atoms with E-state index in [0.29, 0.717) is 24.0 Å². The maximum atomic E-state index is 13.9. The minimum atomic E-state index is -2.58. The summed E-state index contributed by atoms with van der Waals surface area (Å²) in [6, 6.07) is 1.86. The minimum absolute atomic E-state index is 0.0851. The highest BCUT2D eigenvalue weighted by Crippen LogP contribution is 2.65. The number of Topliss-reactive ketones (excluding diaryl/α,β-unsaturated/α-hetero) is 3. The fourth-order valence-electron chi connectivity index (χ4n) is 7.34. The lowest BCUT2D eigenvalue weighted by atomic mass is 9.44. The molecule has 0 saturated carbocycles. The topological polar surface area (TPSA) is 132 Å². The van der Waals surface area contributed by atoms with E-state index >= 15 is 0 Å². The van der Waals surface area contributed by atoms with Crippen molar-refractivity contribution in [2.24, 2.45) is 22.7 Å². The summed E-state index contributed by atoms with van der Waals surface area (Å²) in [6.45, 7) is 11.9. The van der Waals surface area contributed by atoms with Gasteiger partial charge >= 0.3 is 0 Å². The summed E-state index contributed by atoms with van der Waals surface area (Å²) < 4.78 is 0. The van der Waals surface area contributed by atoms with Crippen LogP contribution in [0.15, 0.2) is 28.7 Å². The summed E-state index contributed by atoms with van der Waals surface area (Å²) in [5.41, 5.74) is -3.41. The number of phenols is 1. The second kappa shape index (κ2) is 7.53. The fourth-order valence-corrected chi connectivity index (χ4v) is 7.34. The smallest absolute Gasteiger partial charge is 0.209 e. The average molecular weight is 483 g/mol. The van der Waals surface area contributed by atoms with Crippen molar-refractivity contribution in [1.82, 2.24) is 0 Å². The molecule has 4 atom stereocenters. The number of aliphatic hydroxyl groups excluding tert-OH is 2. The van der Waals surface area contributed by atoms with Gasteiger partial charge in [-0.3, -0.25) is 14.4 Å². The summed E-state index contributed by atoms with van der Waals surface area (Å²) in [5, 5.41) is 45.6. The minimum Gasteiger partial charge on any atom is -0.511 e. The summed E-state index contributed by atoms with van der Waals surface area (Å²) in [6.07, 6.45) is 1.04. The van der Waals surface area contributed by atoms with Crippen LogP contribution in [0.25, 0.3) is 0 Å². The van der Waals surface area contributed by atoms with Crippen LogP contribution in [-0.4, -0.2) is 43.4 Å². The molecule has 0 radical (unpaired) electrons. The molecule has 0 saturated heterocycles. The van der Waals surface area contributed by atoms with Gasteiger partial charge in [-0.25, -0.2) is 0 Å². The van der Waals surface area contributed by atoms with E-state index in [2.05, 4.69) is 0 Å². The molecule has 0 bridgehead atoms. The molecule has 0 aromatic heterocycles. The monoisotopic (exact) mass is 482 g/mol. The van der Waals surface area contributed by atoms with Crippen LogP contribution in [-0.2, 0) is 22.4 Å². The molecule has 0 fully saturated rings. The standard InChI is InChI=1S/C28H34O7/c1-8-15-9-13(4)21(30)18-16(15)10-26(6)11-27(7)19(12(2)3)22(31)17(14(5)29)24(33)28(27,35)25(34)20(26)23(18)32/h9,12,19,30-31,34-35H,8,10-11H2,1-7H3/t19?,26-,27-,28+/m1/s1. The first kappa shape index (κ1) is 25.2. The predicted molar refractivity (Wildman–Crippen MR) is 129 cm³/mol. The first-order valence-corrected chi connectivity index (χ1v) is 12.1. The molecule has 188 valence electrons. The SMILES string of the molecule is CCc1cc(C)c(O)c2c1C[C@]1(C)C[C@]3(C)C(C(C)C)C(O)=C(C(C)=O)C(=O)[C@]3(O)C(O)=C1C2=O. The molecule has 0 spiro atoms. The molecule has 4 N–H and O–H groups in total. The first-order valence-electron chi connectivity index (χ1n) is 12.1. The highest BCUT2D eigenvalue weighted by Gasteiger charge is 2.71. The van der Waals surface area contributed by atoms with Crippen molar-refractivity contribution < 1.29 is 34.8 Å². The Bertz CT molecular complexity index is 1270. The Morgan fingerprint density at radius 2 is 1.77 bits per heavy atom. The van der Waals surface area contributed by atoms with Crippen molar-refractivity contribution in [3.05, 3.63) is 51.0 Å². The maximum Gasteiger partial charge on any atom is 0.209 e. The van der Waals surface area contributed by atoms with Crippen molar-refractivity contribution in [3.63, 3.8) is 0 Å². The van der Waals surface area contributed by atoms with E-state index in [4.69, 9.17) is 0 Å². The Morgan fingerprint density at radius 1 is 1.17 bits per heavy atom. The molecule has 0 heterocycles. The number of hydrogen-bond donors (Lipinski definition) is 4. The first-order chi connectivity index (χ1) is 16.1. The largest absolute Gasteiger partial charge is 0.511 e. The number of aliphatic hydroxyl groups is 3. The van der Waals surface area contributed by atoms with E-state index in [1.807, 2.05) is 33.8 Å². The van der Waals surface area contributed by atoms with Gasteiger partial charge in [0.2, 0.25) is 5.78 Å². The number of benzene rings is 1. The molecule has 1 aromatic rings. The predicted octanol–water partition coefficient (Wildman–Crippen LogP) is 4.22. The van der Waals surface area contributed by atoms with Crippen molar-refractivity contribution in [1.29, 1.82) is 0 Å². The number of allylic oxidation sites excluding steroid dienone is 2. The summed E-state index contributed by atoms with van der Waals surface area (Å²) in [4.78, 5) is 39.9. The Labute approximate surface area is 205 Å². The lowest BCUT2D eigenvalue weighted by Gasteiger charge is -2.59. The van der Waals surface area contributed by atoms with Gasteiger partial charge in [0.05, 0.1) is 5.56 Å². The van der Waals surface area contributed by atoms with E-state index in [9.17, 15) is 34.8 Å². The number of carbonyl (C=O) groups is 3. The van der Waals surface area contributed by atoms with E-state index in [1.165, 1.54) is 0 Å². The molecule has 1 aromatic carbocycles. The van der Waals surface area contributed by atoms with E-state index in [0.717, 1.165) is 12.5 Å². The molecule has 3 aliphatic carbocycles. The van der Waals surface area contributed by atoms with Gasteiger partial charge in [-0.15, -0.1) is 0 Å². The Balaban J connectivity index is 2.10. The third-order valence-corrected chi connectivity index (χ3v) is 8.67. The molecule has 0 aliphatic heterocycles. The van der Waals surface area contributed by atoms with Gasteiger partial charge in [0.25, 0.3) is 0 Å². The molecule has 4 rings (SSSR count). The van der Waals surface area contributed by atoms with Gasteiger partial charge in [-0.1, -0.05) is 40.7 Å². The van der Waals surface area contributed by atoms with Crippen LogP contribution < -0.4 is 0 Å². The fraction of sp³-hybridized carbons (Fsp3) is 0.536. The number of phenolic OH excluding ortho intramolecular Hbond substituents is 1. The molecule has 7 nitrogen and oxygen atoms in total. The van der Waals surface area contributed by atoms with Crippen molar-refractivity contribution >= 4 is 17.3 Å². The lowest BCUT2D eigenvalue weighted by molar-refractivity contribution is -0.171. The summed E-state index contributed by atoms with van der Waals surface area (Å²) >= 11 is 0. The third kappa shape index (κ3) is 2.90. The van der Waals surface area contributed by atoms with Gasteiger partial charge in [-0.2, -0.15) is 0 Å². The molecule has 0 amide bonds. The van der Waals surface area contributed by atoms with Crippen molar-refractivity contribution in [2.75, 3.05) is 0 Å². The van der Waals surface area contributed by atoms with Gasteiger partial charge in [0.1, 0.15) is 22.8 Å². The van der Waals surface area contributed by atoms with Crippen molar-refractivity contribution in [3.8, 4) is 5.75 Å². The van der Waals surface area contributed by atoms with Gasteiger partial charge in [-0.05, 0) is 55.7 Å². The number of aryl methyl sites for hydroxylation is 2. The quantitative estimate of drug-likeness (QED) is 0.474.